The Hall–Kier alpha value is -1.76. The molecule has 128 valence electrons. The predicted molar refractivity (Wildman–Crippen MR) is 86.4 cm³/mol. The maximum atomic E-state index is 12.3. The normalized spacial score (nSPS) is 23.6. The molecule has 2 rings (SSSR count). The highest BCUT2D eigenvalue weighted by Gasteiger charge is 2.38. The largest absolute Gasteiger partial charge is 0.333 e. The van der Waals surface area contributed by atoms with Crippen molar-refractivity contribution in [1.82, 2.24) is 10.2 Å². The van der Waals surface area contributed by atoms with Crippen molar-refractivity contribution in [3.05, 3.63) is 0 Å². The van der Waals surface area contributed by atoms with E-state index in [2.05, 4.69) is 10.3 Å². The molecular formula is C16H27N4O3+. The Morgan fingerprint density at radius 1 is 1.26 bits per heavy atom. The van der Waals surface area contributed by atoms with Gasteiger partial charge < -0.3 is 4.90 Å². The Balaban J connectivity index is 1.86. The van der Waals surface area contributed by atoms with E-state index in [4.69, 9.17) is 0 Å². The van der Waals surface area contributed by atoms with Gasteiger partial charge in [-0.15, -0.1) is 0 Å². The number of rotatable bonds is 7. The zero-order valence-electron chi connectivity index (χ0n) is 13.8. The lowest BCUT2D eigenvalue weighted by atomic mass is 10.1. The van der Waals surface area contributed by atoms with Crippen LogP contribution in [-0.4, -0.2) is 61.7 Å². The van der Waals surface area contributed by atoms with Gasteiger partial charge in [0.25, 0.3) is 0 Å². The number of urea groups is 1. The molecule has 0 radical (unpaired) electrons. The van der Waals surface area contributed by atoms with Crippen molar-refractivity contribution in [2.75, 3.05) is 32.7 Å². The van der Waals surface area contributed by atoms with E-state index in [9.17, 15) is 14.4 Å². The van der Waals surface area contributed by atoms with Gasteiger partial charge in [-0.3, -0.25) is 24.8 Å². The third-order valence-corrected chi connectivity index (χ3v) is 4.43. The van der Waals surface area contributed by atoms with Crippen molar-refractivity contribution in [2.45, 2.75) is 39.0 Å². The number of imide groups is 2. The molecule has 2 fully saturated rings. The summed E-state index contributed by atoms with van der Waals surface area (Å²) >= 11 is 0. The van der Waals surface area contributed by atoms with E-state index in [0.717, 1.165) is 24.3 Å². The number of carbonyl (C=O) groups is 3. The van der Waals surface area contributed by atoms with Crippen LogP contribution in [0.2, 0.25) is 0 Å². The van der Waals surface area contributed by atoms with Crippen LogP contribution < -0.4 is 10.2 Å². The van der Waals surface area contributed by atoms with Gasteiger partial charge in [0.15, 0.2) is 5.92 Å². The maximum absolute atomic E-state index is 12.3. The number of nitrogens with zero attached hydrogens (tertiary/aromatic N) is 2. The van der Waals surface area contributed by atoms with E-state index in [1.807, 2.05) is 6.92 Å². The number of barbiturate groups is 1. The first-order chi connectivity index (χ1) is 11.1. The second-order valence-electron chi connectivity index (χ2n) is 6.23. The Kier molecular flexibility index (Phi) is 6.70. The van der Waals surface area contributed by atoms with Crippen molar-refractivity contribution < 1.29 is 19.3 Å². The van der Waals surface area contributed by atoms with Crippen molar-refractivity contribution in [2.24, 2.45) is 10.9 Å². The lowest BCUT2D eigenvalue weighted by molar-refractivity contribution is -0.903. The molecule has 0 aromatic carbocycles. The average Bonchev–Trinajstić information content (AvgIpc) is 2.54. The third kappa shape index (κ3) is 4.86. The van der Waals surface area contributed by atoms with Gasteiger partial charge in [-0.05, 0) is 25.7 Å². The number of likely N-dealkylation sites (tertiary alicyclic amines) is 1. The Bertz CT molecular complexity index is 472. The third-order valence-electron chi connectivity index (χ3n) is 4.43. The molecule has 7 nitrogen and oxygen atoms in total. The first kappa shape index (κ1) is 17.6. The summed E-state index contributed by atoms with van der Waals surface area (Å²) in [5.74, 6) is -2.00. The summed E-state index contributed by atoms with van der Waals surface area (Å²) in [5.41, 5.74) is 0. The summed E-state index contributed by atoms with van der Waals surface area (Å²) in [6.07, 6.45) is 6.85. The molecule has 1 atom stereocenters. The number of amides is 4. The zero-order valence-corrected chi connectivity index (χ0v) is 13.8. The molecule has 0 aromatic rings. The molecule has 0 bridgehead atoms. The van der Waals surface area contributed by atoms with Gasteiger partial charge in [0.05, 0.1) is 26.2 Å². The molecule has 2 heterocycles. The maximum Gasteiger partial charge on any atom is 0.330 e. The summed E-state index contributed by atoms with van der Waals surface area (Å²) in [6.45, 7) is 6.22. The topological polar surface area (TPSA) is 83.3 Å². The van der Waals surface area contributed by atoms with Gasteiger partial charge >= 0.3 is 6.03 Å². The number of hydrogen-bond acceptors (Lipinski definition) is 4. The number of aliphatic imine (C=N–C) groups is 1. The molecule has 0 aliphatic carbocycles. The summed E-state index contributed by atoms with van der Waals surface area (Å²) < 4.78 is 0. The Labute approximate surface area is 137 Å². The van der Waals surface area contributed by atoms with Crippen molar-refractivity contribution in [3.63, 3.8) is 0 Å². The molecule has 2 saturated heterocycles. The minimum atomic E-state index is -0.971. The first-order valence-corrected chi connectivity index (χ1v) is 8.63. The first-order valence-electron chi connectivity index (χ1n) is 8.63. The van der Waals surface area contributed by atoms with Crippen LogP contribution in [0.1, 0.15) is 39.0 Å². The summed E-state index contributed by atoms with van der Waals surface area (Å²) in [7, 11) is 0. The van der Waals surface area contributed by atoms with Gasteiger partial charge in [-0.1, -0.05) is 13.3 Å². The number of unbranched alkanes of at least 4 members (excludes halogenated alkanes) is 1. The number of quaternary nitrogens is 1. The van der Waals surface area contributed by atoms with Crippen LogP contribution in [-0.2, 0) is 9.59 Å². The molecular weight excluding hydrogens is 296 g/mol. The van der Waals surface area contributed by atoms with Crippen LogP contribution in [0.25, 0.3) is 0 Å². The van der Waals surface area contributed by atoms with Crippen LogP contribution in [0.4, 0.5) is 4.79 Å². The van der Waals surface area contributed by atoms with Gasteiger partial charge in [-0.2, -0.15) is 0 Å². The van der Waals surface area contributed by atoms with Crippen LogP contribution in [0.15, 0.2) is 4.99 Å². The second-order valence-corrected chi connectivity index (χ2v) is 6.23. The highest BCUT2D eigenvalue weighted by molar-refractivity contribution is 6.23. The van der Waals surface area contributed by atoms with Gasteiger partial charge in [0.2, 0.25) is 11.8 Å². The smallest absolute Gasteiger partial charge is 0.330 e. The van der Waals surface area contributed by atoms with Gasteiger partial charge in [0.1, 0.15) is 0 Å². The minimum Gasteiger partial charge on any atom is -0.333 e. The molecule has 0 aromatic heterocycles. The molecule has 23 heavy (non-hydrogen) atoms. The molecule has 7 heteroatoms. The average molecular weight is 323 g/mol. The van der Waals surface area contributed by atoms with Crippen molar-refractivity contribution in [1.29, 1.82) is 0 Å². The highest BCUT2D eigenvalue weighted by atomic mass is 16.2. The summed E-state index contributed by atoms with van der Waals surface area (Å²) in [5, 5.41) is 2.24. The molecule has 0 spiro atoms. The van der Waals surface area contributed by atoms with E-state index in [-0.39, 0.29) is 0 Å². The highest BCUT2D eigenvalue weighted by Crippen LogP contribution is 2.10. The van der Waals surface area contributed by atoms with Crippen LogP contribution in [0.3, 0.4) is 0 Å². The SMILES string of the molecule is CCCCN1C(=O)NC(=O)[C@H](C=NCC[NH+]2CCCCC2)C1=O. The number of piperidine rings is 1. The molecule has 0 unspecified atom stereocenters. The second kappa shape index (κ2) is 8.76. The monoisotopic (exact) mass is 323 g/mol. The standard InChI is InChI=1S/C16H26N4O3/c1-2-3-10-20-15(22)13(14(21)18-16(20)23)12-17-7-11-19-8-5-4-6-9-19/h12-13H,2-11H2,1H3,(H,18,21,23)/p+1/t13-/m0/s1. The molecule has 4 amide bonds. The fraction of sp³-hybridized carbons (Fsp3) is 0.750. The van der Waals surface area contributed by atoms with Gasteiger partial charge in [0, 0.05) is 12.8 Å². The Morgan fingerprint density at radius 2 is 2.00 bits per heavy atom. The fourth-order valence-electron chi connectivity index (χ4n) is 2.99. The van der Waals surface area contributed by atoms with Crippen molar-refractivity contribution in [3.8, 4) is 0 Å². The van der Waals surface area contributed by atoms with E-state index in [0.29, 0.717) is 13.1 Å². The summed E-state index contributed by atoms with van der Waals surface area (Å²) in [6, 6.07) is -0.615. The molecule has 2 aliphatic rings. The van der Waals surface area contributed by atoms with E-state index in [1.54, 1.807) is 0 Å². The fourth-order valence-corrected chi connectivity index (χ4v) is 2.99. The Morgan fingerprint density at radius 3 is 2.70 bits per heavy atom. The lowest BCUT2D eigenvalue weighted by Gasteiger charge is -2.28. The number of carbonyl (C=O) groups excluding carboxylic acids is 3. The van der Waals surface area contributed by atoms with Gasteiger partial charge in [-0.25, -0.2) is 4.79 Å². The quantitative estimate of drug-likeness (QED) is 0.495. The van der Waals surface area contributed by atoms with E-state index < -0.39 is 23.8 Å². The molecule has 0 saturated carbocycles. The minimum absolute atomic E-state index is 0.344. The van der Waals surface area contributed by atoms with Crippen LogP contribution in [0, 0.1) is 5.92 Å². The predicted octanol–water partition coefficient (Wildman–Crippen LogP) is -0.379. The van der Waals surface area contributed by atoms with Crippen molar-refractivity contribution >= 4 is 24.1 Å². The van der Waals surface area contributed by atoms with E-state index in [1.165, 1.54) is 43.5 Å². The number of hydrogen-bond donors (Lipinski definition) is 2. The van der Waals surface area contributed by atoms with E-state index >= 15 is 0 Å². The summed E-state index contributed by atoms with van der Waals surface area (Å²) in [4.78, 5) is 42.8. The molecule has 2 N–H and O–H groups in total. The lowest BCUT2D eigenvalue weighted by Crippen LogP contribution is -3.13. The van der Waals surface area contributed by atoms with Crippen LogP contribution in [0.5, 0.6) is 0 Å². The zero-order chi connectivity index (χ0) is 16.7. The van der Waals surface area contributed by atoms with Crippen LogP contribution >= 0.6 is 0 Å². The number of nitrogens with one attached hydrogen (secondary N) is 2. The molecule has 2 aliphatic heterocycles.